The Labute approximate surface area is 95.0 Å². The van der Waals surface area contributed by atoms with Crippen molar-refractivity contribution in [2.75, 3.05) is 0 Å². The third-order valence-corrected chi connectivity index (χ3v) is 2.16. The van der Waals surface area contributed by atoms with Gasteiger partial charge in [0.05, 0.1) is 0 Å². The Morgan fingerprint density at radius 3 is 2.81 bits per heavy atom. The van der Waals surface area contributed by atoms with Crippen molar-refractivity contribution in [1.82, 2.24) is 4.98 Å². The Bertz CT molecular complexity index is 381. The van der Waals surface area contributed by atoms with Gasteiger partial charge < -0.3 is 9.15 Å². The molecular weight excluding hydrogens is 206 g/mol. The van der Waals surface area contributed by atoms with Crippen LogP contribution in [0.1, 0.15) is 37.7 Å². The molecule has 4 heteroatoms. The van der Waals surface area contributed by atoms with Crippen LogP contribution >= 0.6 is 0 Å². The molecular formula is C12H15NO3. The highest BCUT2D eigenvalue weighted by atomic mass is 16.5. The van der Waals surface area contributed by atoms with Gasteiger partial charge in [-0.05, 0) is 5.41 Å². The normalized spacial score (nSPS) is 12.9. The topological polar surface area (TPSA) is 52.3 Å². The Kier molecular flexibility index (Phi) is 3.73. The van der Waals surface area contributed by atoms with Crippen molar-refractivity contribution < 1.29 is 13.9 Å². The highest BCUT2D eigenvalue weighted by molar-refractivity contribution is 5.86. The van der Waals surface area contributed by atoms with E-state index in [0.29, 0.717) is 6.42 Å². The van der Waals surface area contributed by atoms with Gasteiger partial charge in [-0.15, -0.1) is 12.3 Å². The highest BCUT2D eigenvalue weighted by Gasteiger charge is 2.28. The molecule has 0 fully saturated rings. The second kappa shape index (κ2) is 4.84. The summed E-state index contributed by atoms with van der Waals surface area (Å²) in [5.74, 6) is 1.99. The summed E-state index contributed by atoms with van der Waals surface area (Å²) in [7, 11) is 0. The first kappa shape index (κ1) is 12.3. The molecule has 1 aromatic rings. The Morgan fingerprint density at radius 2 is 2.38 bits per heavy atom. The third-order valence-electron chi connectivity index (χ3n) is 2.16. The number of terminal acetylenes is 1. The molecule has 1 rings (SSSR count). The maximum absolute atomic E-state index is 11.6. The molecule has 86 valence electrons. The first-order valence-electron chi connectivity index (χ1n) is 4.97. The number of hydrogen-bond donors (Lipinski definition) is 0. The van der Waals surface area contributed by atoms with Gasteiger partial charge in [0.1, 0.15) is 12.4 Å². The lowest BCUT2D eigenvalue weighted by Gasteiger charge is -2.28. The summed E-state index contributed by atoms with van der Waals surface area (Å²) < 4.78 is 10.0. The van der Waals surface area contributed by atoms with Crippen LogP contribution in [0.3, 0.4) is 0 Å². The second-order valence-corrected chi connectivity index (χ2v) is 4.54. The van der Waals surface area contributed by atoms with Gasteiger partial charge in [0, 0.05) is 6.42 Å². The zero-order valence-corrected chi connectivity index (χ0v) is 9.69. The minimum atomic E-state index is -0.510. The van der Waals surface area contributed by atoms with Crippen molar-refractivity contribution in [2.45, 2.75) is 33.3 Å². The fraction of sp³-hybridized carbons (Fsp3) is 0.500. The predicted octanol–water partition coefficient (Wildman–Crippen LogP) is 2.27. The van der Waals surface area contributed by atoms with Crippen LogP contribution in [-0.2, 0) is 4.74 Å². The van der Waals surface area contributed by atoms with E-state index in [9.17, 15) is 4.79 Å². The maximum Gasteiger partial charge on any atom is 0.360 e. The molecule has 1 unspecified atom stereocenters. The largest absolute Gasteiger partial charge is 0.456 e. The molecule has 0 radical (unpaired) electrons. The van der Waals surface area contributed by atoms with E-state index in [4.69, 9.17) is 15.6 Å². The van der Waals surface area contributed by atoms with Crippen molar-refractivity contribution in [2.24, 2.45) is 5.41 Å². The summed E-state index contributed by atoms with van der Waals surface area (Å²) in [6.45, 7) is 5.89. The summed E-state index contributed by atoms with van der Waals surface area (Å²) in [5, 5.41) is 0. The van der Waals surface area contributed by atoms with E-state index in [1.54, 1.807) is 0 Å². The number of rotatable bonds is 3. The number of ether oxygens (including phenoxy) is 1. The fourth-order valence-electron chi connectivity index (χ4n) is 1.13. The zero-order valence-electron chi connectivity index (χ0n) is 9.69. The molecule has 1 aromatic heterocycles. The van der Waals surface area contributed by atoms with Gasteiger partial charge in [0.25, 0.3) is 0 Å². The summed E-state index contributed by atoms with van der Waals surface area (Å²) >= 11 is 0. The van der Waals surface area contributed by atoms with E-state index in [1.165, 1.54) is 12.7 Å². The quantitative estimate of drug-likeness (QED) is 0.580. The van der Waals surface area contributed by atoms with Crippen molar-refractivity contribution >= 4 is 5.97 Å². The Balaban J connectivity index is 2.70. The molecule has 1 atom stereocenters. The monoisotopic (exact) mass is 221 g/mol. The van der Waals surface area contributed by atoms with Crippen LogP contribution in [0, 0.1) is 17.8 Å². The number of carbonyl (C=O) groups excluding carboxylic acids is 1. The van der Waals surface area contributed by atoms with Gasteiger partial charge in [-0.1, -0.05) is 20.8 Å². The third kappa shape index (κ3) is 3.13. The van der Waals surface area contributed by atoms with E-state index in [2.05, 4.69) is 10.9 Å². The first-order chi connectivity index (χ1) is 7.45. The second-order valence-electron chi connectivity index (χ2n) is 4.54. The Hall–Kier alpha value is -1.76. The van der Waals surface area contributed by atoms with Gasteiger partial charge in [0.15, 0.2) is 12.1 Å². The molecule has 0 saturated carbocycles. The van der Waals surface area contributed by atoms with Crippen molar-refractivity contribution in [3.8, 4) is 12.3 Å². The number of hydrogen-bond acceptors (Lipinski definition) is 4. The van der Waals surface area contributed by atoms with Crippen LogP contribution in [0.5, 0.6) is 0 Å². The van der Waals surface area contributed by atoms with Crippen LogP contribution in [0.2, 0.25) is 0 Å². The summed E-state index contributed by atoms with van der Waals surface area (Å²) in [6, 6.07) is 0. The first-order valence-corrected chi connectivity index (χ1v) is 4.97. The van der Waals surface area contributed by atoms with Crippen molar-refractivity contribution in [3.05, 3.63) is 18.4 Å². The minimum Gasteiger partial charge on any atom is -0.456 e. The minimum absolute atomic E-state index is 0.159. The molecule has 0 spiro atoms. The summed E-state index contributed by atoms with van der Waals surface area (Å²) in [6.07, 6.45) is 7.73. The lowest BCUT2D eigenvalue weighted by Crippen LogP contribution is -2.31. The van der Waals surface area contributed by atoms with Crippen LogP contribution in [0.25, 0.3) is 0 Å². The molecule has 1 heterocycles. The molecule has 4 nitrogen and oxygen atoms in total. The van der Waals surface area contributed by atoms with E-state index in [1.807, 2.05) is 20.8 Å². The van der Waals surface area contributed by atoms with Crippen LogP contribution < -0.4 is 0 Å². The standard InChI is InChI=1S/C12H15NO3/c1-5-6-10(12(2,3)4)16-11(14)9-7-15-8-13-9/h1,7-8,10H,6H2,2-4H3. The Morgan fingerprint density at radius 1 is 1.69 bits per heavy atom. The molecule has 16 heavy (non-hydrogen) atoms. The van der Waals surface area contributed by atoms with Crippen LogP contribution in [0.4, 0.5) is 0 Å². The van der Waals surface area contributed by atoms with E-state index < -0.39 is 5.97 Å². The van der Waals surface area contributed by atoms with E-state index in [-0.39, 0.29) is 17.2 Å². The number of nitrogens with zero attached hydrogens (tertiary/aromatic N) is 1. The average molecular weight is 221 g/mol. The molecule has 0 aliphatic heterocycles. The van der Waals surface area contributed by atoms with E-state index in [0.717, 1.165) is 0 Å². The lowest BCUT2D eigenvalue weighted by molar-refractivity contribution is -0.00114. The fourth-order valence-corrected chi connectivity index (χ4v) is 1.13. The van der Waals surface area contributed by atoms with E-state index >= 15 is 0 Å². The molecule has 0 aliphatic carbocycles. The molecule has 0 N–H and O–H groups in total. The highest BCUT2D eigenvalue weighted by Crippen LogP contribution is 2.25. The maximum atomic E-state index is 11.6. The number of aromatic nitrogens is 1. The van der Waals surface area contributed by atoms with Crippen LogP contribution in [-0.4, -0.2) is 17.1 Å². The number of carbonyl (C=O) groups is 1. The van der Waals surface area contributed by atoms with Gasteiger partial charge in [-0.2, -0.15) is 0 Å². The predicted molar refractivity (Wildman–Crippen MR) is 58.6 cm³/mol. The molecule has 0 amide bonds. The van der Waals surface area contributed by atoms with Gasteiger partial charge in [0.2, 0.25) is 0 Å². The van der Waals surface area contributed by atoms with Gasteiger partial charge >= 0.3 is 5.97 Å². The SMILES string of the molecule is C#CCC(OC(=O)c1cocn1)C(C)(C)C. The molecule has 0 bridgehead atoms. The zero-order chi connectivity index (χ0) is 12.2. The van der Waals surface area contributed by atoms with Crippen molar-refractivity contribution in [1.29, 1.82) is 0 Å². The van der Waals surface area contributed by atoms with Crippen LogP contribution in [0.15, 0.2) is 17.1 Å². The smallest absolute Gasteiger partial charge is 0.360 e. The number of esters is 1. The van der Waals surface area contributed by atoms with Gasteiger partial charge in [-0.3, -0.25) is 0 Å². The summed E-state index contributed by atoms with van der Waals surface area (Å²) in [4.78, 5) is 15.3. The number of oxazole rings is 1. The molecule has 0 saturated heterocycles. The van der Waals surface area contributed by atoms with Gasteiger partial charge in [-0.25, -0.2) is 9.78 Å². The molecule has 0 aliphatic rings. The van der Waals surface area contributed by atoms with Crippen molar-refractivity contribution in [3.63, 3.8) is 0 Å². The lowest BCUT2D eigenvalue weighted by atomic mass is 9.87. The molecule has 0 aromatic carbocycles. The average Bonchev–Trinajstić information content (AvgIpc) is 2.68. The summed E-state index contributed by atoms with van der Waals surface area (Å²) in [5.41, 5.74) is -0.0440.